The zero-order chi connectivity index (χ0) is 16.1. The van der Waals surface area contributed by atoms with Crippen molar-refractivity contribution in [2.75, 3.05) is 52.4 Å². The molecular formula is C18H33N3O2. The van der Waals surface area contributed by atoms with E-state index in [1.807, 2.05) is 0 Å². The Morgan fingerprint density at radius 3 is 2.48 bits per heavy atom. The van der Waals surface area contributed by atoms with Gasteiger partial charge in [-0.05, 0) is 38.5 Å². The number of amides is 1. The third-order valence-electron chi connectivity index (χ3n) is 5.73. The summed E-state index contributed by atoms with van der Waals surface area (Å²) in [6, 6.07) is 0.483. The van der Waals surface area contributed by atoms with E-state index >= 15 is 0 Å². The van der Waals surface area contributed by atoms with Gasteiger partial charge in [-0.15, -0.1) is 0 Å². The summed E-state index contributed by atoms with van der Waals surface area (Å²) in [4.78, 5) is 19.7. The van der Waals surface area contributed by atoms with Crippen LogP contribution in [0.4, 0.5) is 0 Å². The maximum atomic E-state index is 12.6. The van der Waals surface area contributed by atoms with E-state index in [2.05, 4.69) is 21.6 Å². The van der Waals surface area contributed by atoms with Crippen LogP contribution in [-0.2, 0) is 9.53 Å². The van der Waals surface area contributed by atoms with Crippen LogP contribution in [0.5, 0.6) is 0 Å². The first-order valence-electron chi connectivity index (χ1n) is 9.62. The lowest BCUT2D eigenvalue weighted by Crippen LogP contribution is -2.53. The molecule has 5 nitrogen and oxygen atoms in total. The highest BCUT2D eigenvalue weighted by molar-refractivity contribution is 5.78. The minimum Gasteiger partial charge on any atom is -0.377 e. The summed E-state index contributed by atoms with van der Waals surface area (Å²) in [6.45, 7) is 9.99. The summed E-state index contributed by atoms with van der Waals surface area (Å²) in [7, 11) is 0. The maximum absolute atomic E-state index is 12.6. The van der Waals surface area contributed by atoms with Crippen LogP contribution >= 0.6 is 0 Å². The number of nitrogens with zero attached hydrogens (tertiary/aromatic N) is 3. The predicted octanol–water partition coefficient (Wildman–Crippen LogP) is 1.57. The van der Waals surface area contributed by atoms with E-state index in [1.165, 1.54) is 32.1 Å². The summed E-state index contributed by atoms with van der Waals surface area (Å²) in [5.74, 6) is 0.351. The van der Waals surface area contributed by atoms with Gasteiger partial charge in [0, 0.05) is 51.9 Å². The minimum absolute atomic E-state index is 0.351. The molecule has 132 valence electrons. The number of rotatable bonds is 5. The summed E-state index contributed by atoms with van der Waals surface area (Å²) in [5.41, 5.74) is 0. The number of hydrogen-bond donors (Lipinski definition) is 0. The second-order valence-corrected chi connectivity index (χ2v) is 7.36. The van der Waals surface area contributed by atoms with E-state index in [9.17, 15) is 4.79 Å². The van der Waals surface area contributed by atoms with Gasteiger partial charge in [0.25, 0.3) is 0 Å². The van der Waals surface area contributed by atoms with E-state index in [0.29, 0.717) is 24.6 Å². The highest BCUT2D eigenvalue weighted by Crippen LogP contribution is 2.20. The van der Waals surface area contributed by atoms with Crippen molar-refractivity contribution in [3.8, 4) is 0 Å². The van der Waals surface area contributed by atoms with Crippen molar-refractivity contribution in [1.29, 1.82) is 0 Å². The molecule has 23 heavy (non-hydrogen) atoms. The lowest BCUT2D eigenvalue weighted by Gasteiger charge is -2.39. The van der Waals surface area contributed by atoms with E-state index in [1.54, 1.807) is 0 Å². The van der Waals surface area contributed by atoms with Crippen molar-refractivity contribution < 1.29 is 9.53 Å². The van der Waals surface area contributed by atoms with Gasteiger partial charge in [-0.1, -0.05) is 6.92 Å². The Balaban J connectivity index is 1.40. The molecule has 2 atom stereocenters. The third-order valence-corrected chi connectivity index (χ3v) is 5.73. The van der Waals surface area contributed by atoms with Gasteiger partial charge < -0.3 is 9.64 Å². The highest BCUT2D eigenvalue weighted by Gasteiger charge is 2.28. The normalized spacial score (nSPS) is 30.7. The Bertz CT molecular complexity index is 376. The van der Waals surface area contributed by atoms with Gasteiger partial charge >= 0.3 is 0 Å². The fourth-order valence-corrected chi connectivity index (χ4v) is 4.24. The van der Waals surface area contributed by atoms with Gasteiger partial charge in [0.15, 0.2) is 0 Å². The van der Waals surface area contributed by atoms with Crippen LogP contribution in [-0.4, -0.2) is 85.2 Å². The first-order chi connectivity index (χ1) is 11.3. The van der Waals surface area contributed by atoms with E-state index < -0.39 is 0 Å². The summed E-state index contributed by atoms with van der Waals surface area (Å²) < 4.78 is 5.73. The van der Waals surface area contributed by atoms with Gasteiger partial charge in [-0.3, -0.25) is 14.6 Å². The van der Waals surface area contributed by atoms with Crippen LogP contribution in [0.3, 0.4) is 0 Å². The summed E-state index contributed by atoms with van der Waals surface area (Å²) >= 11 is 0. The second-order valence-electron chi connectivity index (χ2n) is 7.36. The molecule has 0 aromatic carbocycles. The Morgan fingerprint density at radius 1 is 1.00 bits per heavy atom. The van der Waals surface area contributed by atoms with Crippen LogP contribution in [0.1, 0.15) is 45.4 Å². The van der Waals surface area contributed by atoms with Crippen LogP contribution in [0.25, 0.3) is 0 Å². The highest BCUT2D eigenvalue weighted by atomic mass is 16.5. The zero-order valence-electron chi connectivity index (χ0n) is 14.7. The van der Waals surface area contributed by atoms with Crippen molar-refractivity contribution in [3.63, 3.8) is 0 Å². The van der Waals surface area contributed by atoms with Gasteiger partial charge in [-0.2, -0.15) is 0 Å². The first kappa shape index (κ1) is 17.2. The van der Waals surface area contributed by atoms with Crippen molar-refractivity contribution >= 4 is 5.91 Å². The Hall–Kier alpha value is -0.650. The Morgan fingerprint density at radius 2 is 1.78 bits per heavy atom. The smallest absolute Gasteiger partial charge is 0.236 e. The molecule has 3 aliphatic rings. The van der Waals surface area contributed by atoms with Gasteiger partial charge in [0.1, 0.15) is 0 Å². The summed E-state index contributed by atoms with van der Waals surface area (Å²) in [5, 5.41) is 0. The van der Waals surface area contributed by atoms with Crippen LogP contribution in [0.2, 0.25) is 0 Å². The van der Waals surface area contributed by atoms with Crippen LogP contribution < -0.4 is 0 Å². The van der Waals surface area contributed by atoms with E-state index in [-0.39, 0.29) is 0 Å². The Labute approximate surface area is 140 Å². The number of hydrogen-bond acceptors (Lipinski definition) is 4. The fourth-order valence-electron chi connectivity index (χ4n) is 4.24. The minimum atomic E-state index is 0.351. The quantitative estimate of drug-likeness (QED) is 0.769. The van der Waals surface area contributed by atoms with Crippen LogP contribution in [0, 0.1) is 0 Å². The topological polar surface area (TPSA) is 36.0 Å². The molecule has 0 aromatic heterocycles. The molecule has 3 rings (SSSR count). The van der Waals surface area contributed by atoms with Gasteiger partial charge in [-0.25, -0.2) is 0 Å². The molecular weight excluding hydrogens is 290 g/mol. The van der Waals surface area contributed by atoms with Crippen LogP contribution in [0.15, 0.2) is 0 Å². The summed E-state index contributed by atoms with van der Waals surface area (Å²) in [6.07, 6.45) is 7.63. The van der Waals surface area contributed by atoms with Crippen molar-refractivity contribution in [1.82, 2.24) is 14.7 Å². The molecule has 3 aliphatic heterocycles. The fraction of sp³-hybridized carbons (Fsp3) is 0.944. The maximum Gasteiger partial charge on any atom is 0.236 e. The number of likely N-dealkylation sites (tertiary alicyclic amines) is 1. The molecule has 2 unspecified atom stereocenters. The monoisotopic (exact) mass is 323 g/mol. The first-order valence-corrected chi connectivity index (χ1v) is 9.62. The van der Waals surface area contributed by atoms with Gasteiger partial charge in [0.05, 0.1) is 12.6 Å². The molecule has 0 aliphatic carbocycles. The lowest BCUT2D eigenvalue weighted by atomic mass is 10.00. The van der Waals surface area contributed by atoms with Crippen molar-refractivity contribution in [2.45, 2.75) is 57.6 Å². The molecule has 0 radical (unpaired) electrons. The van der Waals surface area contributed by atoms with Gasteiger partial charge in [0.2, 0.25) is 5.91 Å². The third kappa shape index (κ3) is 4.68. The largest absolute Gasteiger partial charge is 0.377 e. The second kappa shape index (κ2) is 8.45. The molecule has 0 spiro atoms. The molecule has 0 bridgehead atoms. The average molecular weight is 323 g/mol. The molecule has 0 aromatic rings. The lowest BCUT2D eigenvalue weighted by molar-refractivity contribution is -0.136. The molecule has 3 heterocycles. The molecule has 0 N–H and O–H groups in total. The Kier molecular flexibility index (Phi) is 6.31. The average Bonchev–Trinajstić information content (AvgIpc) is 3.09. The van der Waals surface area contributed by atoms with Crippen molar-refractivity contribution in [3.05, 3.63) is 0 Å². The molecule has 0 saturated carbocycles. The van der Waals surface area contributed by atoms with E-state index in [4.69, 9.17) is 4.74 Å². The standard InChI is InChI=1S/C18H33N3O2/c1-2-16-6-3-4-8-21(16)18(22)15-20-11-9-19(10-12-20)14-17-7-5-13-23-17/h16-17H,2-15H2,1H3. The predicted molar refractivity (Wildman–Crippen MR) is 91.5 cm³/mol. The SMILES string of the molecule is CCC1CCCCN1C(=O)CN1CCN(CC2CCCO2)CC1. The molecule has 3 saturated heterocycles. The number of carbonyl (C=O) groups excluding carboxylic acids is 1. The number of carbonyl (C=O) groups is 1. The number of ether oxygens (including phenoxy) is 1. The molecule has 5 heteroatoms. The number of piperazine rings is 1. The molecule has 1 amide bonds. The number of piperidine rings is 1. The van der Waals surface area contributed by atoms with E-state index in [0.717, 1.165) is 52.3 Å². The molecule has 3 fully saturated rings. The zero-order valence-corrected chi connectivity index (χ0v) is 14.7. The van der Waals surface area contributed by atoms with Crippen molar-refractivity contribution in [2.24, 2.45) is 0 Å².